The molecule has 0 N–H and O–H groups in total. The van der Waals surface area contributed by atoms with Crippen LogP contribution in [0, 0.1) is 0 Å². The summed E-state index contributed by atoms with van der Waals surface area (Å²) in [7, 11) is 1.09. The van der Waals surface area contributed by atoms with E-state index in [1.807, 2.05) is 6.92 Å². The first-order valence-corrected chi connectivity index (χ1v) is 9.60. The molecule has 7 nitrogen and oxygen atoms in total. The van der Waals surface area contributed by atoms with Crippen molar-refractivity contribution in [3.05, 3.63) is 10.7 Å². The number of ether oxygens (including phenoxy) is 2. The number of aromatic nitrogens is 1. The smallest absolute Gasteiger partial charge is 0.443 e. The molecule has 1 amide bonds. The van der Waals surface area contributed by atoms with Crippen LogP contribution in [-0.4, -0.2) is 60.3 Å². The summed E-state index contributed by atoms with van der Waals surface area (Å²) in [6, 6.07) is -0.273. The molecule has 0 radical (unpaired) electrons. The summed E-state index contributed by atoms with van der Waals surface area (Å²) in [5, 5.41) is -1.01. The highest BCUT2D eigenvalue weighted by atomic mass is 32.1. The molecule has 1 fully saturated rings. The molecule has 158 valence electrons. The van der Waals surface area contributed by atoms with E-state index < -0.39 is 28.8 Å². The lowest BCUT2D eigenvalue weighted by molar-refractivity contribution is -0.137. The van der Waals surface area contributed by atoms with Crippen molar-refractivity contribution in [3.8, 4) is 0 Å². The minimum Gasteiger partial charge on any atom is -0.464 e. The van der Waals surface area contributed by atoms with Gasteiger partial charge < -0.3 is 19.3 Å². The summed E-state index contributed by atoms with van der Waals surface area (Å²) in [4.78, 5) is 31.1. The SMILES string of the molecule is CC[C@@H]1CN(c2sc(C(F)(F)F)nc2C(=O)OC)CCN1C(=O)OC(C)(C)C. The molecule has 0 unspecified atom stereocenters. The molecule has 1 aliphatic heterocycles. The predicted octanol–water partition coefficient (Wildman–Crippen LogP) is 3.78. The maximum atomic E-state index is 13.1. The Hall–Kier alpha value is -2.04. The van der Waals surface area contributed by atoms with Crippen LogP contribution in [0.4, 0.5) is 23.0 Å². The van der Waals surface area contributed by atoms with Gasteiger partial charge in [0.2, 0.25) is 5.01 Å². The Morgan fingerprint density at radius 3 is 2.39 bits per heavy atom. The number of nitrogens with zero attached hydrogens (tertiary/aromatic N) is 3. The molecule has 0 bridgehead atoms. The number of halogens is 3. The molecule has 1 aromatic heterocycles. The molecule has 0 spiro atoms. The van der Waals surface area contributed by atoms with Crippen molar-refractivity contribution in [1.29, 1.82) is 0 Å². The molecule has 1 aliphatic rings. The van der Waals surface area contributed by atoms with Gasteiger partial charge in [-0.15, -0.1) is 0 Å². The highest BCUT2D eigenvalue weighted by Gasteiger charge is 2.40. The van der Waals surface area contributed by atoms with Gasteiger partial charge in [-0.3, -0.25) is 0 Å². The number of alkyl halides is 3. The number of carbonyl (C=O) groups is 2. The summed E-state index contributed by atoms with van der Waals surface area (Å²) in [6.45, 7) is 7.94. The van der Waals surface area contributed by atoms with Crippen molar-refractivity contribution in [2.75, 3.05) is 31.6 Å². The van der Waals surface area contributed by atoms with Gasteiger partial charge in [0.15, 0.2) is 5.69 Å². The zero-order valence-corrected chi connectivity index (χ0v) is 17.2. The van der Waals surface area contributed by atoms with Crippen LogP contribution >= 0.6 is 11.3 Å². The second kappa shape index (κ2) is 8.14. The standard InChI is InChI=1S/C17H24F3N3O4S/c1-6-10-9-22(7-8-23(10)15(25)27-16(2,3)4)12-11(13(24)26-5)21-14(28-12)17(18,19)20/h10H,6-9H2,1-5H3/t10-/m1/s1. The molecule has 1 atom stereocenters. The maximum Gasteiger partial charge on any atom is 0.443 e. The first-order chi connectivity index (χ1) is 12.9. The van der Waals surface area contributed by atoms with E-state index in [1.54, 1.807) is 30.6 Å². The van der Waals surface area contributed by atoms with Gasteiger partial charge in [-0.2, -0.15) is 13.2 Å². The van der Waals surface area contributed by atoms with Crippen LogP contribution in [0.2, 0.25) is 0 Å². The first-order valence-electron chi connectivity index (χ1n) is 8.78. The van der Waals surface area contributed by atoms with Crippen LogP contribution in [0.5, 0.6) is 0 Å². The van der Waals surface area contributed by atoms with Crippen molar-refractivity contribution < 1.29 is 32.2 Å². The minimum absolute atomic E-state index is 0.0986. The third-order valence-electron chi connectivity index (χ3n) is 4.10. The number of carbonyl (C=O) groups excluding carboxylic acids is 2. The number of thiazole rings is 1. The van der Waals surface area contributed by atoms with E-state index >= 15 is 0 Å². The molecular formula is C17H24F3N3O4S. The zero-order chi connectivity index (χ0) is 21.3. The van der Waals surface area contributed by atoms with Crippen LogP contribution in [-0.2, 0) is 15.7 Å². The average Bonchev–Trinajstić information content (AvgIpc) is 3.04. The lowest BCUT2D eigenvalue weighted by Gasteiger charge is -2.41. The van der Waals surface area contributed by atoms with Crippen LogP contribution in [0.3, 0.4) is 0 Å². The van der Waals surface area contributed by atoms with Crippen LogP contribution < -0.4 is 4.90 Å². The van der Waals surface area contributed by atoms with Gasteiger partial charge in [-0.05, 0) is 27.2 Å². The molecular weight excluding hydrogens is 399 g/mol. The molecule has 28 heavy (non-hydrogen) atoms. The van der Waals surface area contributed by atoms with E-state index in [4.69, 9.17) is 4.74 Å². The Morgan fingerprint density at radius 2 is 1.89 bits per heavy atom. The second-order valence-corrected chi connectivity index (χ2v) is 8.32. The summed E-state index contributed by atoms with van der Waals surface area (Å²) < 4.78 is 49.3. The van der Waals surface area contributed by atoms with Gasteiger partial charge in [0.1, 0.15) is 10.6 Å². The van der Waals surface area contributed by atoms with Crippen molar-refractivity contribution in [2.45, 2.75) is 51.9 Å². The Labute approximate surface area is 165 Å². The summed E-state index contributed by atoms with van der Waals surface area (Å²) in [6.07, 6.45) is -4.55. The zero-order valence-electron chi connectivity index (χ0n) is 16.4. The molecule has 0 aliphatic carbocycles. The number of piperazine rings is 1. The van der Waals surface area contributed by atoms with Crippen molar-refractivity contribution in [2.24, 2.45) is 0 Å². The van der Waals surface area contributed by atoms with E-state index in [-0.39, 0.29) is 36.4 Å². The lowest BCUT2D eigenvalue weighted by Crippen LogP contribution is -2.56. The largest absolute Gasteiger partial charge is 0.464 e. The molecule has 0 saturated carbocycles. The van der Waals surface area contributed by atoms with Gasteiger partial charge in [-0.1, -0.05) is 18.3 Å². The van der Waals surface area contributed by atoms with Gasteiger partial charge in [0.05, 0.1) is 13.2 Å². The lowest BCUT2D eigenvalue weighted by atomic mass is 10.1. The number of methoxy groups -OCH3 is 1. The summed E-state index contributed by atoms with van der Waals surface area (Å²) in [5.74, 6) is -0.927. The van der Waals surface area contributed by atoms with E-state index in [1.165, 1.54) is 0 Å². The number of hydrogen-bond acceptors (Lipinski definition) is 7. The number of hydrogen-bond donors (Lipinski definition) is 0. The van der Waals surface area contributed by atoms with E-state index in [9.17, 15) is 22.8 Å². The van der Waals surface area contributed by atoms with Crippen LogP contribution in [0.25, 0.3) is 0 Å². The molecule has 0 aromatic carbocycles. The quantitative estimate of drug-likeness (QED) is 0.689. The van der Waals surface area contributed by atoms with Gasteiger partial charge in [0.25, 0.3) is 0 Å². The van der Waals surface area contributed by atoms with Gasteiger partial charge in [-0.25, -0.2) is 14.6 Å². The highest BCUT2D eigenvalue weighted by Crippen LogP contribution is 2.39. The Balaban J connectivity index is 2.27. The Bertz CT molecular complexity index is 730. The van der Waals surface area contributed by atoms with Crippen molar-refractivity contribution in [3.63, 3.8) is 0 Å². The third kappa shape index (κ3) is 5.06. The molecule has 2 rings (SSSR count). The fraction of sp³-hybridized carbons (Fsp3) is 0.706. The highest BCUT2D eigenvalue weighted by molar-refractivity contribution is 7.16. The third-order valence-corrected chi connectivity index (χ3v) is 5.26. The molecule has 11 heteroatoms. The molecule has 1 aromatic rings. The first kappa shape index (κ1) is 22.3. The Kier molecular flexibility index (Phi) is 6.47. The predicted molar refractivity (Wildman–Crippen MR) is 97.7 cm³/mol. The fourth-order valence-corrected chi connectivity index (χ4v) is 3.78. The monoisotopic (exact) mass is 423 g/mol. The van der Waals surface area contributed by atoms with Gasteiger partial charge in [0, 0.05) is 19.6 Å². The number of esters is 1. The molecule has 1 saturated heterocycles. The van der Waals surface area contributed by atoms with Crippen LogP contribution in [0.1, 0.15) is 49.6 Å². The maximum absolute atomic E-state index is 13.1. The van der Waals surface area contributed by atoms with Crippen LogP contribution in [0.15, 0.2) is 0 Å². The van der Waals surface area contributed by atoms with E-state index in [0.29, 0.717) is 17.8 Å². The average molecular weight is 423 g/mol. The normalized spacial score (nSPS) is 18.2. The number of rotatable bonds is 3. The Morgan fingerprint density at radius 1 is 1.25 bits per heavy atom. The minimum atomic E-state index is -4.66. The summed E-state index contributed by atoms with van der Waals surface area (Å²) >= 11 is 0.403. The fourth-order valence-electron chi connectivity index (χ4n) is 2.83. The topological polar surface area (TPSA) is 72.0 Å². The van der Waals surface area contributed by atoms with Gasteiger partial charge >= 0.3 is 18.2 Å². The molecule has 2 heterocycles. The van der Waals surface area contributed by atoms with E-state index in [0.717, 1.165) is 7.11 Å². The second-order valence-electron chi connectivity index (χ2n) is 7.34. The van der Waals surface area contributed by atoms with E-state index in [2.05, 4.69) is 9.72 Å². The van der Waals surface area contributed by atoms with Crippen molar-refractivity contribution in [1.82, 2.24) is 9.88 Å². The number of amides is 1. The summed E-state index contributed by atoms with van der Waals surface area (Å²) in [5.41, 5.74) is -1.01. The van der Waals surface area contributed by atoms with Crippen molar-refractivity contribution >= 4 is 28.4 Å². The number of anilines is 1.